The molecule has 2 heteroatoms. The van der Waals surface area contributed by atoms with Crippen LogP contribution in [0.1, 0.15) is 38.5 Å². The largest absolute Gasteiger partial charge is 0.307 e. The molecule has 0 aromatic heterocycles. The molecule has 2 nitrogen and oxygen atoms in total. The maximum Gasteiger partial charge on any atom is 0.0530 e. The number of aliphatic imine (C=N–C) groups is 1. The summed E-state index contributed by atoms with van der Waals surface area (Å²) in [4.78, 5) is 4.40. The highest BCUT2D eigenvalue weighted by Crippen LogP contribution is 2.42. The van der Waals surface area contributed by atoms with Gasteiger partial charge in [0, 0.05) is 12.8 Å². The SMILES string of the molecule is N=CC1=NCC2(CCCCC2)C1. The molecule has 1 aliphatic heterocycles. The minimum absolute atomic E-state index is 0.491. The van der Waals surface area contributed by atoms with Gasteiger partial charge in [-0.05, 0) is 24.7 Å². The Balaban J connectivity index is 2.02. The molecule has 0 saturated heterocycles. The van der Waals surface area contributed by atoms with Gasteiger partial charge in [0.1, 0.15) is 0 Å². The van der Waals surface area contributed by atoms with Gasteiger partial charge in [0.2, 0.25) is 0 Å². The molecule has 12 heavy (non-hydrogen) atoms. The standard InChI is InChI=1S/C10H16N2/c11-7-9-6-10(8-12-9)4-2-1-3-5-10/h7,11H,1-6,8H2. The first-order valence-electron chi connectivity index (χ1n) is 4.88. The van der Waals surface area contributed by atoms with Crippen LogP contribution in [-0.4, -0.2) is 18.5 Å². The van der Waals surface area contributed by atoms with E-state index in [9.17, 15) is 0 Å². The minimum atomic E-state index is 0.491. The maximum atomic E-state index is 7.15. The highest BCUT2D eigenvalue weighted by molar-refractivity contribution is 6.30. The van der Waals surface area contributed by atoms with Gasteiger partial charge < -0.3 is 5.41 Å². The van der Waals surface area contributed by atoms with Crippen LogP contribution in [0.15, 0.2) is 4.99 Å². The predicted molar refractivity (Wildman–Crippen MR) is 51.2 cm³/mol. The van der Waals surface area contributed by atoms with Gasteiger partial charge in [-0.2, -0.15) is 0 Å². The molecule has 0 atom stereocenters. The Morgan fingerprint density at radius 3 is 2.58 bits per heavy atom. The van der Waals surface area contributed by atoms with E-state index in [1.807, 2.05) is 0 Å². The normalized spacial score (nSPS) is 27.2. The summed E-state index contributed by atoms with van der Waals surface area (Å²) >= 11 is 0. The van der Waals surface area contributed by atoms with Crippen LogP contribution >= 0.6 is 0 Å². The van der Waals surface area contributed by atoms with E-state index in [2.05, 4.69) is 4.99 Å². The first-order valence-corrected chi connectivity index (χ1v) is 4.88. The van der Waals surface area contributed by atoms with Crippen molar-refractivity contribution < 1.29 is 0 Å². The second-order valence-electron chi connectivity index (χ2n) is 4.19. The molecular weight excluding hydrogens is 148 g/mol. The monoisotopic (exact) mass is 164 g/mol. The first kappa shape index (κ1) is 7.96. The molecule has 1 heterocycles. The highest BCUT2D eigenvalue weighted by atomic mass is 14.8. The first-order chi connectivity index (χ1) is 5.85. The fourth-order valence-corrected chi connectivity index (χ4v) is 2.50. The van der Waals surface area contributed by atoms with E-state index < -0.39 is 0 Å². The number of rotatable bonds is 1. The molecule has 0 aromatic carbocycles. The Kier molecular flexibility index (Phi) is 1.99. The molecule has 0 bridgehead atoms. The van der Waals surface area contributed by atoms with Gasteiger partial charge >= 0.3 is 0 Å². The molecule has 66 valence electrons. The third-order valence-corrected chi connectivity index (χ3v) is 3.25. The van der Waals surface area contributed by atoms with E-state index in [1.165, 1.54) is 38.3 Å². The van der Waals surface area contributed by atoms with Gasteiger partial charge in [0.15, 0.2) is 0 Å². The fourth-order valence-electron chi connectivity index (χ4n) is 2.50. The molecule has 0 amide bonds. The molecule has 1 saturated carbocycles. The Labute approximate surface area is 73.6 Å². The number of nitrogens with zero attached hydrogens (tertiary/aromatic N) is 1. The zero-order valence-electron chi connectivity index (χ0n) is 7.47. The minimum Gasteiger partial charge on any atom is -0.307 e. The zero-order chi connectivity index (χ0) is 8.44. The molecule has 2 aliphatic rings. The van der Waals surface area contributed by atoms with Crippen LogP contribution in [0, 0.1) is 10.8 Å². The second kappa shape index (κ2) is 3.00. The van der Waals surface area contributed by atoms with E-state index in [0.29, 0.717) is 5.41 Å². The van der Waals surface area contributed by atoms with Gasteiger partial charge in [-0.1, -0.05) is 19.3 Å². The van der Waals surface area contributed by atoms with E-state index in [4.69, 9.17) is 5.41 Å². The summed E-state index contributed by atoms with van der Waals surface area (Å²) < 4.78 is 0. The van der Waals surface area contributed by atoms with Gasteiger partial charge in [-0.15, -0.1) is 0 Å². The Morgan fingerprint density at radius 2 is 2.00 bits per heavy atom. The third kappa shape index (κ3) is 1.30. The molecule has 1 N–H and O–H groups in total. The fraction of sp³-hybridized carbons (Fsp3) is 0.800. The van der Waals surface area contributed by atoms with E-state index in [0.717, 1.165) is 18.7 Å². The van der Waals surface area contributed by atoms with Crippen LogP contribution in [0.25, 0.3) is 0 Å². The quantitative estimate of drug-likeness (QED) is 0.578. The van der Waals surface area contributed by atoms with Crippen molar-refractivity contribution in [3.8, 4) is 0 Å². The van der Waals surface area contributed by atoms with Crippen molar-refractivity contribution >= 4 is 11.9 Å². The smallest absolute Gasteiger partial charge is 0.0530 e. The van der Waals surface area contributed by atoms with Gasteiger partial charge in [0.25, 0.3) is 0 Å². The van der Waals surface area contributed by atoms with Crippen molar-refractivity contribution in [3.63, 3.8) is 0 Å². The summed E-state index contributed by atoms with van der Waals surface area (Å²) in [6.45, 7) is 0.998. The van der Waals surface area contributed by atoms with Gasteiger partial charge in [-0.25, -0.2) is 0 Å². The van der Waals surface area contributed by atoms with Gasteiger partial charge in [-0.3, -0.25) is 4.99 Å². The summed E-state index contributed by atoms with van der Waals surface area (Å²) in [6, 6.07) is 0. The van der Waals surface area contributed by atoms with E-state index >= 15 is 0 Å². The summed E-state index contributed by atoms with van der Waals surface area (Å²) in [7, 11) is 0. The van der Waals surface area contributed by atoms with Crippen molar-refractivity contribution in [1.29, 1.82) is 5.41 Å². The van der Waals surface area contributed by atoms with Crippen molar-refractivity contribution in [2.24, 2.45) is 10.4 Å². The lowest BCUT2D eigenvalue weighted by Gasteiger charge is -2.32. The average molecular weight is 164 g/mol. The van der Waals surface area contributed by atoms with Crippen LogP contribution < -0.4 is 0 Å². The lowest BCUT2D eigenvalue weighted by Crippen LogP contribution is -2.25. The molecular formula is C10H16N2. The van der Waals surface area contributed by atoms with Crippen LogP contribution in [0.5, 0.6) is 0 Å². The lowest BCUT2D eigenvalue weighted by molar-refractivity contribution is 0.222. The van der Waals surface area contributed by atoms with Crippen molar-refractivity contribution in [2.45, 2.75) is 38.5 Å². The number of hydrogen-bond acceptors (Lipinski definition) is 2. The van der Waals surface area contributed by atoms with Crippen LogP contribution in [0.3, 0.4) is 0 Å². The Bertz CT molecular complexity index is 212. The summed E-state index contributed by atoms with van der Waals surface area (Å²) in [5.41, 5.74) is 1.52. The maximum absolute atomic E-state index is 7.15. The second-order valence-corrected chi connectivity index (χ2v) is 4.19. The summed E-state index contributed by atoms with van der Waals surface area (Å²) in [6.07, 6.45) is 9.35. The Hall–Kier alpha value is -0.660. The lowest BCUT2D eigenvalue weighted by atomic mass is 9.72. The van der Waals surface area contributed by atoms with Crippen LogP contribution in [0.4, 0.5) is 0 Å². The molecule has 0 radical (unpaired) electrons. The zero-order valence-corrected chi connectivity index (χ0v) is 7.47. The van der Waals surface area contributed by atoms with Crippen molar-refractivity contribution in [3.05, 3.63) is 0 Å². The summed E-state index contributed by atoms with van der Waals surface area (Å²) in [5, 5.41) is 7.15. The number of nitrogens with one attached hydrogen (secondary N) is 1. The summed E-state index contributed by atoms with van der Waals surface area (Å²) in [5.74, 6) is 0. The highest BCUT2D eigenvalue weighted by Gasteiger charge is 2.36. The van der Waals surface area contributed by atoms with Crippen molar-refractivity contribution in [1.82, 2.24) is 0 Å². The molecule has 2 rings (SSSR count). The average Bonchev–Trinajstić information content (AvgIpc) is 2.50. The topological polar surface area (TPSA) is 36.2 Å². The number of hydrogen-bond donors (Lipinski definition) is 1. The van der Waals surface area contributed by atoms with Crippen LogP contribution in [-0.2, 0) is 0 Å². The van der Waals surface area contributed by atoms with E-state index in [1.54, 1.807) is 0 Å². The Morgan fingerprint density at radius 1 is 1.25 bits per heavy atom. The third-order valence-electron chi connectivity index (χ3n) is 3.25. The molecule has 1 fully saturated rings. The molecule has 0 aromatic rings. The predicted octanol–water partition coefficient (Wildman–Crippen LogP) is 2.43. The van der Waals surface area contributed by atoms with Crippen LogP contribution in [0.2, 0.25) is 0 Å². The van der Waals surface area contributed by atoms with E-state index in [-0.39, 0.29) is 0 Å². The van der Waals surface area contributed by atoms with Crippen molar-refractivity contribution in [2.75, 3.05) is 6.54 Å². The molecule has 1 aliphatic carbocycles. The van der Waals surface area contributed by atoms with Gasteiger partial charge in [0.05, 0.1) is 5.71 Å². The molecule has 0 unspecified atom stereocenters. The molecule has 1 spiro atoms.